The third kappa shape index (κ3) is 17.3. The predicted molar refractivity (Wildman–Crippen MR) is 241 cm³/mol. The van der Waals surface area contributed by atoms with Gasteiger partial charge in [0, 0.05) is 57.7 Å². The van der Waals surface area contributed by atoms with Crippen LogP contribution in [0.5, 0.6) is 0 Å². The van der Waals surface area contributed by atoms with Crippen LogP contribution in [-0.2, 0) is 23.6 Å². The second-order valence-corrected chi connectivity index (χ2v) is 16.3. The molecule has 2 heterocycles. The van der Waals surface area contributed by atoms with Gasteiger partial charge >= 0.3 is 51.4 Å². The summed E-state index contributed by atoms with van der Waals surface area (Å²) in [6, 6.07) is 46.0. The molecule has 0 aliphatic heterocycles. The van der Waals surface area contributed by atoms with Gasteiger partial charge in [-0.3, -0.25) is 14.2 Å². The Labute approximate surface area is 405 Å². The van der Waals surface area contributed by atoms with E-state index in [1.54, 1.807) is 20.8 Å². The van der Waals surface area contributed by atoms with Crippen molar-refractivity contribution in [2.75, 3.05) is 12.4 Å². The Morgan fingerprint density at radius 3 is 1.38 bits per heavy atom. The van der Waals surface area contributed by atoms with Crippen LogP contribution < -0.4 is 56.5 Å². The van der Waals surface area contributed by atoms with Crippen molar-refractivity contribution in [2.45, 2.75) is 90.5 Å². The first kappa shape index (κ1) is 36.8. The maximum absolute atomic E-state index is 10.5. The van der Waals surface area contributed by atoms with Crippen LogP contribution in [0.2, 0.25) is 0 Å². The molecule has 2 saturated carbocycles. The van der Waals surface area contributed by atoms with Gasteiger partial charge in [-0.25, -0.2) is 0 Å². The molecule has 0 radical (unpaired) electrons. The zero-order valence-corrected chi connectivity index (χ0v) is 38.4. The van der Waals surface area contributed by atoms with Crippen molar-refractivity contribution in [1.29, 1.82) is 0 Å². The summed E-state index contributed by atoms with van der Waals surface area (Å²) in [5.74, 6) is 1.06. The van der Waals surface area contributed by atoms with E-state index in [9.17, 15) is 9.32 Å². The topological polar surface area (TPSA) is 65.9 Å². The van der Waals surface area contributed by atoms with Gasteiger partial charge in [0.1, 0.15) is 0 Å². The molecule has 0 unspecified atom stereocenters. The number of nitrogens with zero attached hydrogens (tertiary/aromatic N) is 2. The molecule has 0 bridgehead atoms. The average molecular weight is 825 g/mol. The Balaban J connectivity index is 0.000000220. The van der Waals surface area contributed by atoms with Crippen molar-refractivity contribution in [1.82, 2.24) is 9.97 Å². The molecule has 2 aromatic heterocycles. The van der Waals surface area contributed by atoms with Gasteiger partial charge in [0.05, 0.1) is 11.4 Å². The Hall–Kier alpha value is -3.07. The zero-order chi connectivity index (χ0) is 47.3. The van der Waals surface area contributed by atoms with Gasteiger partial charge in [-0.05, 0) is 82.3 Å². The summed E-state index contributed by atoms with van der Waals surface area (Å²) in [7, 11) is -2.75. The Morgan fingerprint density at radius 1 is 0.586 bits per heavy atom. The van der Waals surface area contributed by atoms with Crippen molar-refractivity contribution in [3.05, 3.63) is 157 Å². The van der Waals surface area contributed by atoms with Crippen LogP contribution in [0.15, 0.2) is 146 Å². The molecule has 0 amide bonds. The van der Waals surface area contributed by atoms with E-state index in [1.165, 1.54) is 48.8 Å². The van der Waals surface area contributed by atoms with Crippen LogP contribution in [0.4, 0.5) is 0 Å². The van der Waals surface area contributed by atoms with E-state index in [-0.39, 0.29) is 57.3 Å². The summed E-state index contributed by atoms with van der Waals surface area (Å²) >= 11 is 0. The fourth-order valence-corrected chi connectivity index (χ4v) is 7.20. The quantitative estimate of drug-likeness (QED) is 0.144. The number of hydrogen-bond acceptors (Lipinski definition) is 4. The summed E-state index contributed by atoms with van der Waals surface area (Å²) in [4.78, 5) is 9.01. The smallest absolute Gasteiger partial charge is 0.850 e. The maximum atomic E-state index is 10.5. The van der Waals surface area contributed by atoms with E-state index in [4.69, 9.17) is 11.0 Å². The van der Waals surface area contributed by atoms with Gasteiger partial charge in [0.2, 0.25) is 0 Å². The molecule has 6 aromatic rings. The first-order valence-electron chi connectivity index (χ1n) is 24.0. The summed E-state index contributed by atoms with van der Waals surface area (Å²) < 4.78 is 66.4. The molecule has 0 spiro atoms. The SMILES string of the molecule is CC(C)(C)[O-].[2H]C([2H])([2H])S(=O)C([2H])([2H])[2H].[2H]C([2H])(c1ccc(-c2ccnc(-c3ccccc3)c2)cc1)C1CCCC1.[K+].c1ccc(-c2cc(-c3ccc(CC4CCCC4)cc3)ccn2)cc1. The Bertz CT molecular complexity index is 2360. The largest absolute Gasteiger partial charge is 1.00 e. The van der Waals surface area contributed by atoms with Crippen molar-refractivity contribution in [2.24, 2.45) is 11.8 Å². The molecule has 4 nitrogen and oxygen atoms in total. The van der Waals surface area contributed by atoms with Crippen molar-refractivity contribution in [3.8, 4) is 44.8 Å². The Morgan fingerprint density at radius 2 is 0.983 bits per heavy atom. The fourth-order valence-electron chi connectivity index (χ4n) is 7.20. The summed E-state index contributed by atoms with van der Waals surface area (Å²) in [6.07, 6.45) is 7.92. The minimum absolute atomic E-state index is 0. The van der Waals surface area contributed by atoms with Crippen LogP contribution >= 0.6 is 0 Å². The summed E-state index contributed by atoms with van der Waals surface area (Å²) in [5.41, 5.74) is 10.5. The molecule has 6 heteroatoms. The van der Waals surface area contributed by atoms with E-state index in [2.05, 4.69) is 88.8 Å². The molecular formula is C52H61KN2O2S. The van der Waals surface area contributed by atoms with E-state index < -0.39 is 35.1 Å². The van der Waals surface area contributed by atoms with Crippen LogP contribution in [0.25, 0.3) is 44.8 Å². The maximum Gasteiger partial charge on any atom is 1.00 e. The van der Waals surface area contributed by atoms with Gasteiger partial charge in [0.15, 0.2) is 0 Å². The van der Waals surface area contributed by atoms with Crippen LogP contribution in [0.3, 0.4) is 0 Å². The monoisotopic (exact) mass is 824 g/mol. The van der Waals surface area contributed by atoms with Crippen LogP contribution in [0.1, 0.15) is 94.2 Å². The number of benzene rings is 4. The van der Waals surface area contributed by atoms with Gasteiger partial charge < -0.3 is 5.11 Å². The molecule has 8 rings (SSSR count). The number of hydrogen-bond donors (Lipinski definition) is 0. The molecule has 2 aliphatic rings. The van der Waals surface area contributed by atoms with Crippen LogP contribution in [0, 0.1) is 11.8 Å². The number of rotatable bonds is 8. The number of aromatic nitrogens is 2. The van der Waals surface area contributed by atoms with Crippen molar-refractivity contribution < 1.29 is 71.7 Å². The normalized spacial score (nSPS) is 16.6. The second kappa shape index (κ2) is 24.9. The second-order valence-electron chi connectivity index (χ2n) is 15.7. The molecule has 4 aromatic carbocycles. The summed E-state index contributed by atoms with van der Waals surface area (Å²) in [6.45, 7) is 4.90. The third-order valence-electron chi connectivity index (χ3n) is 9.89. The average Bonchev–Trinajstić information content (AvgIpc) is 4.03. The third-order valence-corrected chi connectivity index (χ3v) is 9.89. The molecule has 0 saturated heterocycles. The first-order valence-corrected chi connectivity index (χ1v) is 21.2. The first-order chi connectivity index (χ1) is 30.7. The molecule has 2 aliphatic carbocycles. The van der Waals surface area contributed by atoms with Gasteiger partial charge in [-0.15, -0.1) is 5.60 Å². The number of pyridine rings is 2. The Kier molecular flexibility index (Phi) is 15.8. The van der Waals surface area contributed by atoms with E-state index >= 15 is 0 Å². The summed E-state index contributed by atoms with van der Waals surface area (Å²) in [5, 5.41) is 10.1. The fraction of sp³-hybridized carbons (Fsp3) is 0.346. The molecule has 2 fully saturated rings. The van der Waals surface area contributed by atoms with E-state index in [0.29, 0.717) is 0 Å². The van der Waals surface area contributed by atoms with Gasteiger partial charge in [-0.1, -0.05) is 181 Å². The van der Waals surface area contributed by atoms with Crippen molar-refractivity contribution >= 4 is 10.8 Å². The standard InChI is InChI=1S/2C23H23N.C4H9O.C2H6OS.K/c2*1-2-8-21(9-3-1)23-17-22(14-15-24-23)20-12-10-19(11-13-20)16-18-6-4-5-7-18;1-4(2,3)5;1-4(2)3;/h2*1-3,8-15,17-18H,4-7,16H2;1-3H3;1-2H3;/q;;-1;;+1/i16D2;;;1D3,2D3;. The predicted octanol–water partition coefficient (Wildman–Crippen LogP) is 9.44. The van der Waals surface area contributed by atoms with Crippen LogP contribution in [-0.4, -0.2) is 32.1 Å². The molecule has 0 atom stereocenters. The van der Waals surface area contributed by atoms with Crippen molar-refractivity contribution in [3.63, 3.8) is 0 Å². The minimum atomic E-state index is -2.90. The molecular weight excluding hydrogens is 756 g/mol. The molecule has 58 heavy (non-hydrogen) atoms. The van der Waals surface area contributed by atoms with Gasteiger partial charge in [-0.2, -0.15) is 0 Å². The molecule has 0 N–H and O–H groups in total. The zero-order valence-electron chi connectivity index (χ0n) is 42.5. The van der Waals surface area contributed by atoms with Gasteiger partial charge in [0.25, 0.3) is 0 Å². The van der Waals surface area contributed by atoms with E-state index in [0.717, 1.165) is 70.8 Å². The minimum Gasteiger partial charge on any atom is -0.850 e. The molecule has 298 valence electrons. The van der Waals surface area contributed by atoms with E-state index in [1.807, 2.05) is 67.0 Å².